The third kappa shape index (κ3) is 3.66. The van der Waals surface area contributed by atoms with Crippen LogP contribution in [-0.4, -0.2) is 6.98 Å². The van der Waals surface area contributed by atoms with Gasteiger partial charge in [0, 0.05) is 5.02 Å². The van der Waals surface area contributed by atoms with Crippen molar-refractivity contribution in [1.29, 1.82) is 0 Å². The molecule has 0 N–H and O–H groups in total. The second-order valence-electron chi connectivity index (χ2n) is 2.36. The summed E-state index contributed by atoms with van der Waals surface area (Å²) in [5, 5.41) is -1.01. The van der Waals surface area contributed by atoms with E-state index < -0.39 is 28.3 Å². The minimum absolute atomic E-state index is 0. The molecule has 0 nitrogen and oxygen atoms in total. The van der Waals surface area contributed by atoms with Gasteiger partial charge in [-0.25, -0.2) is 4.39 Å². The van der Waals surface area contributed by atoms with Gasteiger partial charge in [-0.1, -0.05) is 34.7 Å². The maximum absolute atomic E-state index is 12.6. The maximum atomic E-state index is 12.6. The van der Waals surface area contributed by atoms with Crippen molar-refractivity contribution >= 4 is 35.6 Å². The first-order chi connectivity index (χ1) is 5.82. The van der Waals surface area contributed by atoms with Crippen LogP contribution in [0.25, 0.3) is 0 Å². The van der Waals surface area contributed by atoms with Gasteiger partial charge in [0.15, 0.2) is 0 Å². The smallest absolute Gasteiger partial charge is 0.445 e. The number of halogens is 6. The van der Waals surface area contributed by atoms with E-state index in [1.165, 1.54) is 0 Å². The van der Waals surface area contributed by atoms with Crippen molar-refractivity contribution in [2.45, 2.75) is 0 Å². The zero-order chi connectivity index (χ0) is 10.2. The van der Waals surface area contributed by atoms with Crippen LogP contribution in [0, 0.1) is 5.82 Å². The molecule has 0 aliphatic rings. The Kier molecular flexibility index (Phi) is 6.00. The molecule has 0 heterocycles. The van der Waals surface area contributed by atoms with Gasteiger partial charge in [-0.3, -0.25) is 0 Å². The fourth-order valence-electron chi connectivity index (χ4n) is 0.789. The Hall–Kier alpha value is 1.22. The zero-order valence-corrected chi connectivity index (χ0v) is 11.6. The molecule has 1 aromatic carbocycles. The largest absolute Gasteiger partial charge is 1.00 e. The minimum Gasteiger partial charge on any atom is -0.445 e. The van der Waals surface area contributed by atoms with Gasteiger partial charge in [0.2, 0.25) is 0 Å². The second-order valence-corrected chi connectivity index (χ2v) is 3.18. The molecule has 0 radical (unpaired) electrons. The number of hydrogen-bond donors (Lipinski definition) is 0. The van der Waals surface area contributed by atoms with Gasteiger partial charge in [0.1, 0.15) is 5.82 Å². The van der Waals surface area contributed by atoms with Crippen LogP contribution in [0.2, 0.25) is 10.0 Å². The van der Waals surface area contributed by atoms with Crippen molar-refractivity contribution in [3.05, 3.63) is 28.0 Å². The molecule has 1 rings (SSSR count). The third-order valence-electron chi connectivity index (χ3n) is 1.39. The normalized spacial score (nSPS) is 11.0. The Balaban J connectivity index is 0.00000169. The minimum atomic E-state index is -5.29. The van der Waals surface area contributed by atoms with Gasteiger partial charge in [-0.05, 0) is 6.07 Å². The summed E-state index contributed by atoms with van der Waals surface area (Å²) in [7, 11) is 0. The summed E-state index contributed by atoms with van der Waals surface area (Å²) >= 11 is 10.4. The van der Waals surface area contributed by atoms with E-state index in [1.807, 2.05) is 0 Å². The van der Waals surface area contributed by atoms with Crippen LogP contribution in [0.15, 0.2) is 12.1 Å². The summed E-state index contributed by atoms with van der Waals surface area (Å²) in [4.78, 5) is 0. The van der Waals surface area contributed by atoms with Gasteiger partial charge in [-0.2, -0.15) is 0 Å². The fraction of sp³-hybridized carbons (Fsp3) is 0. The summed E-state index contributed by atoms with van der Waals surface area (Å²) < 4.78 is 49.0. The molecule has 0 amide bonds. The summed E-state index contributed by atoms with van der Waals surface area (Å²) in [5.41, 5.74) is -1.16. The molecule has 0 aliphatic heterocycles. The van der Waals surface area contributed by atoms with Gasteiger partial charge in [0.25, 0.3) is 0 Å². The Bertz CT molecular complexity index is 341. The van der Waals surface area contributed by atoms with E-state index in [2.05, 4.69) is 0 Å². The first-order valence-electron chi connectivity index (χ1n) is 3.16. The van der Waals surface area contributed by atoms with Crippen LogP contribution in [0.4, 0.5) is 17.3 Å². The molecule has 0 fully saturated rings. The molecule has 0 spiro atoms. The monoisotopic (exact) mass is 270 g/mol. The summed E-state index contributed by atoms with van der Waals surface area (Å²) in [5.74, 6) is -1.12. The zero-order valence-electron chi connectivity index (χ0n) is 7.00. The van der Waals surface area contributed by atoms with E-state index in [0.717, 1.165) is 6.07 Å². The first kappa shape index (κ1) is 15.2. The maximum Gasteiger partial charge on any atom is 1.00 e. The standard InChI is InChI=1S/C6H2BCl2F4.K/c8-4-2-5(9)6(10)1-3(4)7(11,12)13;/h1-2H;/q-1;+1. The molecule has 0 saturated carbocycles. The molecule has 0 bridgehead atoms. The fourth-order valence-corrected chi connectivity index (χ4v) is 1.30. The average molecular weight is 271 g/mol. The van der Waals surface area contributed by atoms with Crippen LogP contribution >= 0.6 is 23.2 Å². The number of benzene rings is 1. The third-order valence-corrected chi connectivity index (χ3v) is 2.01. The van der Waals surface area contributed by atoms with E-state index in [1.54, 1.807) is 0 Å². The Labute approximate surface area is 130 Å². The van der Waals surface area contributed by atoms with Crippen LogP contribution in [0.5, 0.6) is 0 Å². The topological polar surface area (TPSA) is 0 Å². The predicted molar refractivity (Wildman–Crippen MR) is 45.1 cm³/mol. The molecule has 0 aliphatic carbocycles. The van der Waals surface area contributed by atoms with E-state index in [-0.39, 0.29) is 51.4 Å². The summed E-state index contributed by atoms with van der Waals surface area (Å²) in [6, 6.07) is 1.04. The van der Waals surface area contributed by atoms with Crippen molar-refractivity contribution in [2.75, 3.05) is 0 Å². The summed E-state index contributed by atoms with van der Waals surface area (Å²) in [6.45, 7) is -5.29. The molecule has 8 heteroatoms. The van der Waals surface area contributed by atoms with E-state index in [0.29, 0.717) is 6.07 Å². The SMILES string of the molecule is Fc1cc([B-](F)(F)F)c(Cl)cc1Cl.[K+]. The first-order valence-corrected chi connectivity index (χ1v) is 3.92. The van der Waals surface area contributed by atoms with Crippen molar-refractivity contribution in [3.63, 3.8) is 0 Å². The molecular formula is C6H2BCl2F4K. The van der Waals surface area contributed by atoms with Crippen molar-refractivity contribution < 1.29 is 68.7 Å². The van der Waals surface area contributed by atoms with E-state index in [4.69, 9.17) is 23.2 Å². The molecule has 1 aromatic rings. The van der Waals surface area contributed by atoms with Gasteiger partial charge in [-0.15, -0.1) is 0 Å². The quantitative estimate of drug-likeness (QED) is 0.388. The van der Waals surface area contributed by atoms with Gasteiger partial charge in [0.05, 0.1) is 5.02 Å². The molecule has 72 valence electrons. The summed E-state index contributed by atoms with van der Waals surface area (Å²) in [6.07, 6.45) is 0. The van der Waals surface area contributed by atoms with E-state index in [9.17, 15) is 17.3 Å². The molecule has 0 unspecified atom stereocenters. The molecule has 0 saturated heterocycles. The Morgan fingerprint density at radius 2 is 1.50 bits per heavy atom. The van der Waals surface area contributed by atoms with Crippen LogP contribution < -0.4 is 56.8 Å². The Morgan fingerprint density at radius 3 is 1.93 bits per heavy atom. The van der Waals surface area contributed by atoms with Crippen LogP contribution in [0.3, 0.4) is 0 Å². The van der Waals surface area contributed by atoms with Gasteiger partial charge >= 0.3 is 58.4 Å². The van der Waals surface area contributed by atoms with Crippen molar-refractivity contribution in [1.82, 2.24) is 0 Å². The number of rotatable bonds is 1. The second kappa shape index (κ2) is 5.52. The Morgan fingerprint density at radius 1 is 1.00 bits per heavy atom. The van der Waals surface area contributed by atoms with E-state index >= 15 is 0 Å². The number of hydrogen-bond acceptors (Lipinski definition) is 0. The average Bonchev–Trinajstić information content (AvgIpc) is 1.94. The molecule has 0 aromatic heterocycles. The molecular weight excluding hydrogens is 269 g/mol. The van der Waals surface area contributed by atoms with Crippen LogP contribution in [-0.2, 0) is 0 Å². The molecule has 0 atom stereocenters. The molecule has 14 heavy (non-hydrogen) atoms. The van der Waals surface area contributed by atoms with Crippen molar-refractivity contribution in [2.24, 2.45) is 0 Å². The van der Waals surface area contributed by atoms with Crippen LogP contribution in [0.1, 0.15) is 0 Å². The van der Waals surface area contributed by atoms with Crippen molar-refractivity contribution in [3.8, 4) is 0 Å². The van der Waals surface area contributed by atoms with Gasteiger partial charge < -0.3 is 12.9 Å². The predicted octanol–water partition coefficient (Wildman–Crippen LogP) is 0.191.